The molecule has 0 fully saturated rings. The van der Waals surface area contributed by atoms with Crippen molar-refractivity contribution in [1.82, 2.24) is 9.47 Å². The number of nitrogens with zero attached hydrogens (tertiary/aromatic N) is 2. The molecule has 0 amide bonds. The van der Waals surface area contributed by atoms with E-state index in [1.54, 1.807) is 0 Å². The van der Waals surface area contributed by atoms with E-state index in [-0.39, 0.29) is 60.9 Å². The Labute approximate surface area is 231 Å². The molecular formula is C27H40Cl2N4O4. The van der Waals surface area contributed by atoms with Crippen molar-refractivity contribution in [2.45, 2.75) is 59.2 Å². The summed E-state index contributed by atoms with van der Waals surface area (Å²) in [5.41, 5.74) is 8.61. The SMILES string of the molecule is CC1N(COC(=O)OC(CCN)C(C)(C)C)C=C[NH+]1CC1CCc2c(c3ccccc3n2C)C1=O.Cl.[Cl-]. The van der Waals surface area contributed by atoms with Crippen molar-refractivity contribution in [2.24, 2.45) is 24.1 Å². The molecule has 4 unspecified atom stereocenters. The summed E-state index contributed by atoms with van der Waals surface area (Å²) in [6.45, 7) is 9.38. The van der Waals surface area contributed by atoms with E-state index in [0.29, 0.717) is 19.5 Å². The number of Topliss-reactive ketones (excluding diaryl/α,β-unsaturated/α-hetero) is 1. The van der Waals surface area contributed by atoms with E-state index in [1.165, 1.54) is 4.90 Å². The second kappa shape index (κ2) is 12.5. The minimum atomic E-state index is -0.682. The van der Waals surface area contributed by atoms with E-state index in [4.69, 9.17) is 15.2 Å². The second-order valence-corrected chi connectivity index (χ2v) is 10.9. The number of aryl methyl sites for hydroxylation is 1. The van der Waals surface area contributed by atoms with Gasteiger partial charge >= 0.3 is 6.16 Å². The van der Waals surface area contributed by atoms with Crippen LogP contribution in [0.5, 0.6) is 0 Å². The summed E-state index contributed by atoms with van der Waals surface area (Å²) in [6, 6.07) is 8.15. The fraction of sp³-hybridized carbons (Fsp3) is 0.556. The summed E-state index contributed by atoms with van der Waals surface area (Å²) in [7, 11) is 2.05. The quantitative estimate of drug-likeness (QED) is 0.476. The second-order valence-electron chi connectivity index (χ2n) is 10.9. The minimum Gasteiger partial charge on any atom is -1.00 e. The van der Waals surface area contributed by atoms with Crippen molar-refractivity contribution in [3.8, 4) is 0 Å². The lowest BCUT2D eigenvalue weighted by molar-refractivity contribution is -0.878. The molecule has 0 saturated carbocycles. The maximum Gasteiger partial charge on any atom is 0.510 e. The highest BCUT2D eigenvalue weighted by molar-refractivity contribution is 6.11. The van der Waals surface area contributed by atoms with E-state index < -0.39 is 6.16 Å². The van der Waals surface area contributed by atoms with Gasteiger partial charge in [0.1, 0.15) is 12.3 Å². The van der Waals surface area contributed by atoms with Gasteiger partial charge in [-0.3, -0.25) is 14.6 Å². The molecule has 1 aliphatic carbocycles. The molecule has 0 saturated heterocycles. The van der Waals surface area contributed by atoms with Gasteiger partial charge in [-0.05, 0) is 37.3 Å². The molecule has 2 aliphatic rings. The van der Waals surface area contributed by atoms with Crippen LogP contribution in [0.3, 0.4) is 0 Å². The molecule has 1 aromatic carbocycles. The number of halogens is 2. The number of rotatable bonds is 7. The summed E-state index contributed by atoms with van der Waals surface area (Å²) in [5, 5.41) is 1.05. The number of nitrogens with one attached hydrogen (secondary N) is 1. The number of aromatic nitrogens is 1. The molecule has 4 atom stereocenters. The van der Waals surface area contributed by atoms with Gasteiger partial charge in [-0.25, -0.2) is 4.79 Å². The molecule has 206 valence electrons. The molecular weight excluding hydrogens is 515 g/mol. The third-order valence-corrected chi connectivity index (χ3v) is 7.54. The van der Waals surface area contributed by atoms with Gasteiger partial charge in [0.15, 0.2) is 18.7 Å². The number of carbonyl (C=O) groups is 2. The van der Waals surface area contributed by atoms with Crippen molar-refractivity contribution in [2.75, 3.05) is 19.8 Å². The molecule has 2 aromatic rings. The lowest BCUT2D eigenvalue weighted by Gasteiger charge is -2.30. The summed E-state index contributed by atoms with van der Waals surface area (Å²) in [6.07, 6.45) is 5.39. The molecule has 8 nitrogen and oxygen atoms in total. The number of carbonyl (C=O) groups excluding carboxylic acids is 2. The average molecular weight is 556 g/mol. The Morgan fingerprint density at radius 2 is 1.97 bits per heavy atom. The number of para-hydroxylation sites is 1. The number of ketones is 1. The summed E-state index contributed by atoms with van der Waals surface area (Å²) < 4.78 is 13.1. The van der Waals surface area contributed by atoms with E-state index in [9.17, 15) is 9.59 Å². The topological polar surface area (TPSA) is 91.2 Å². The third-order valence-electron chi connectivity index (χ3n) is 7.54. The van der Waals surface area contributed by atoms with Gasteiger partial charge in [0, 0.05) is 36.1 Å². The first-order valence-electron chi connectivity index (χ1n) is 12.6. The average Bonchev–Trinajstić information content (AvgIpc) is 3.31. The molecule has 1 aliphatic heterocycles. The predicted octanol–water partition coefficient (Wildman–Crippen LogP) is 0.241. The monoisotopic (exact) mass is 554 g/mol. The lowest BCUT2D eigenvalue weighted by Crippen LogP contribution is -3.11. The molecule has 0 bridgehead atoms. The zero-order valence-electron chi connectivity index (χ0n) is 22.3. The first-order valence-corrected chi connectivity index (χ1v) is 12.6. The predicted molar refractivity (Wildman–Crippen MR) is 142 cm³/mol. The van der Waals surface area contributed by atoms with Crippen LogP contribution in [0.1, 0.15) is 56.6 Å². The van der Waals surface area contributed by atoms with Gasteiger partial charge in [0.2, 0.25) is 0 Å². The zero-order chi connectivity index (χ0) is 25.3. The highest BCUT2D eigenvalue weighted by atomic mass is 35.5. The van der Waals surface area contributed by atoms with Crippen LogP contribution >= 0.6 is 12.4 Å². The fourth-order valence-electron chi connectivity index (χ4n) is 5.30. The Morgan fingerprint density at radius 1 is 1.27 bits per heavy atom. The number of benzene rings is 1. The highest BCUT2D eigenvalue weighted by Gasteiger charge is 2.37. The van der Waals surface area contributed by atoms with Crippen LogP contribution in [0, 0.1) is 11.3 Å². The van der Waals surface area contributed by atoms with E-state index in [1.807, 2.05) is 51.1 Å². The smallest absolute Gasteiger partial charge is 0.510 e. The maximum absolute atomic E-state index is 13.5. The van der Waals surface area contributed by atoms with Crippen LogP contribution in [0.25, 0.3) is 10.9 Å². The maximum atomic E-state index is 13.5. The Morgan fingerprint density at radius 3 is 2.65 bits per heavy atom. The van der Waals surface area contributed by atoms with Crippen LogP contribution < -0.4 is 23.0 Å². The highest BCUT2D eigenvalue weighted by Crippen LogP contribution is 2.33. The van der Waals surface area contributed by atoms with Gasteiger partial charge in [0.05, 0.1) is 18.7 Å². The van der Waals surface area contributed by atoms with Crippen molar-refractivity contribution in [3.05, 3.63) is 47.9 Å². The summed E-state index contributed by atoms with van der Waals surface area (Å²) >= 11 is 0. The van der Waals surface area contributed by atoms with E-state index in [2.05, 4.69) is 29.8 Å². The van der Waals surface area contributed by atoms with Crippen molar-refractivity contribution in [1.29, 1.82) is 0 Å². The number of nitrogens with two attached hydrogens (primary N) is 1. The largest absolute Gasteiger partial charge is 1.00 e. The molecule has 0 spiro atoms. The van der Waals surface area contributed by atoms with Crippen molar-refractivity contribution in [3.63, 3.8) is 0 Å². The standard InChI is InChI=1S/C27H38N4O4.2ClH/c1-18-30(14-15-31(18)17-34-26(33)35-23(12-13-28)27(2,3)4)16-19-10-11-22-24(25(19)32)20-8-6-7-9-21(20)29(22)5;;/h6-9,14-15,18-19,23H,10-13,16-17,28H2,1-5H3;2*1H. The summed E-state index contributed by atoms with van der Waals surface area (Å²) in [4.78, 5) is 29.0. The number of ether oxygens (including phenoxy) is 2. The minimum absolute atomic E-state index is 0. The van der Waals surface area contributed by atoms with E-state index >= 15 is 0 Å². The van der Waals surface area contributed by atoms with Gasteiger partial charge in [-0.1, -0.05) is 39.0 Å². The van der Waals surface area contributed by atoms with Crippen LogP contribution in [-0.4, -0.2) is 53.5 Å². The molecule has 2 heterocycles. The molecule has 1 aromatic heterocycles. The lowest BCUT2D eigenvalue weighted by atomic mass is 9.84. The van der Waals surface area contributed by atoms with E-state index in [0.717, 1.165) is 35.0 Å². The Balaban J connectivity index is 0.00000241. The van der Waals surface area contributed by atoms with Gasteiger partial charge in [-0.15, -0.1) is 12.4 Å². The molecule has 0 radical (unpaired) electrons. The normalized spacial score (nSPS) is 21.7. The number of hydrogen-bond acceptors (Lipinski definition) is 6. The summed E-state index contributed by atoms with van der Waals surface area (Å²) in [5.74, 6) is 0.201. The van der Waals surface area contributed by atoms with Crippen molar-refractivity contribution < 1.29 is 36.4 Å². The Hall–Kier alpha value is -2.26. The number of quaternary nitrogens is 1. The molecule has 4 rings (SSSR count). The first-order chi connectivity index (χ1) is 16.6. The van der Waals surface area contributed by atoms with Crippen molar-refractivity contribution >= 4 is 35.2 Å². The van der Waals surface area contributed by atoms with Gasteiger partial charge < -0.3 is 32.2 Å². The molecule has 10 heteroatoms. The van der Waals surface area contributed by atoms with Crippen LogP contribution in [0.4, 0.5) is 4.79 Å². The van der Waals surface area contributed by atoms with Crippen LogP contribution in [0.2, 0.25) is 0 Å². The third kappa shape index (κ3) is 6.42. The first kappa shape index (κ1) is 31.0. The Kier molecular flexibility index (Phi) is 10.5. The van der Waals surface area contributed by atoms with Gasteiger partial charge in [0.25, 0.3) is 0 Å². The molecule has 3 N–H and O–H groups in total. The van der Waals surface area contributed by atoms with Gasteiger partial charge in [-0.2, -0.15) is 0 Å². The number of fused-ring (bicyclic) bond motifs is 3. The fourth-order valence-corrected chi connectivity index (χ4v) is 5.30. The Bertz CT molecular complexity index is 1130. The van der Waals surface area contributed by atoms with Crippen LogP contribution in [0.15, 0.2) is 36.7 Å². The number of hydrogen-bond donors (Lipinski definition) is 2. The zero-order valence-corrected chi connectivity index (χ0v) is 23.9. The molecule has 37 heavy (non-hydrogen) atoms. The van der Waals surface area contributed by atoms with Crippen LogP contribution in [-0.2, 0) is 22.9 Å².